The third-order valence-electron chi connectivity index (χ3n) is 3.16. The zero-order chi connectivity index (χ0) is 10.6. The number of nitrogens with one attached hydrogen (secondary N) is 1. The van der Waals surface area contributed by atoms with Gasteiger partial charge < -0.3 is 15.2 Å². The van der Waals surface area contributed by atoms with Crippen LogP contribution in [0.25, 0.3) is 0 Å². The summed E-state index contributed by atoms with van der Waals surface area (Å²) in [6.45, 7) is 9.32. The Morgan fingerprint density at radius 2 is 2.36 bits per heavy atom. The molecule has 0 bridgehead atoms. The maximum atomic E-state index is 9.51. The van der Waals surface area contributed by atoms with Crippen LogP contribution in [0.15, 0.2) is 12.8 Å². The second kappa shape index (κ2) is 4.80. The summed E-state index contributed by atoms with van der Waals surface area (Å²) < 4.78 is 5.01. The number of aliphatic hydroxyl groups excluding tert-OH is 1. The third-order valence-corrected chi connectivity index (χ3v) is 3.16. The van der Waals surface area contributed by atoms with Crippen molar-refractivity contribution in [3.05, 3.63) is 12.8 Å². The standard InChI is InChI=1S/C11H21NO2/c1-4-14-7-5-6-12-9-8-10(13)11(9,2)3/h4,9-10,12-13H,1,5-8H2,2-3H3. The summed E-state index contributed by atoms with van der Waals surface area (Å²) in [4.78, 5) is 0. The molecule has 14 heavy (non-hydrogen) atoms. The lowest BCUT2D eigenvalue weighted by atomic mass is 9.64. The van der Waals surface area contributed by atoms with Crippen LogP contribution in [-0.4, -0.2) is 30.4 Å². The second-order valence-corrected chi connectivity index (χ2v) is 4.47. The van der Waals surface area contributed by atoms with Crippen LogP contribution in [-0.2, 0) is 4.74 Å². The lowest BCUT2D eigenvalue weighted by Crippen LogP contribution is -2.60. The summed E-state index contributed by atoms with van der Waals surface area (Å²) in [7, 11) is 0. The molecule has 1 fully saturated rings. The SMILES string of the molecule is C=COCCCNC1CC(O)C1(C)C. The molecular formula is C11H21NO2. The molecule has 0 amide bonds. The number of hydrogen-bond acceptors (Lipinski definition) is 3. The molecular weight excluding hydrogens is 178 g/mol. The molecule has 2 unspecified atom stereocenters. The van der Waals surface area contributed by atoms with Crippen LogP contribution in [0.3, 0.4) is 0 Å². The fourth-order valence-electron chi connectivity index (χ4n) is 1.76. The number of rotatable bonds is 6. The summed E-state index contributed by atoms with van der Waals surface area (Å²) in [5.74, 6) is 0. The number of aliphatic hydroxyl groups is 1. The first-order chi connectivity index (χ1) is 6.59. The van der Waals surface area contributed by atoms with Crippen molar-refractivity contribution in [3.8, 4) is 0 Å². The predicted molar refractivity (Wildman–Crippen MR) is 57.0 cm³/mol. The van der Waals surface area contributed by atoms with Crippen LogP contribution in [0.5, 0.6) is 0 Å². The minimum absolute atomic E-state index is 0.0271. The van der Waals surface area contributed by atoms with Gasteiger partial charge >= 0.3 is 0 Å². The van der Waals surface area contributed by atoms with Crippen LogP contribution < -0.4 is 5.32 Å². The van der Waals surface area contributed by atoms with E-state index in [4.69, 9.17) is 4.74 Å². The topological polar surface area (TPSA) is 41.5 Å². The number of ether oxygens (including phenoxy) is 1. The van der Waals surface area contributed by atoms with Gasteiger partial charge in [-0.3, -0.25) is 0 Å². The Kier molecular flexibility index (Phi) is 3.96. The normalized spacial score (nSPS) is 29.4. The van der Waals surface area contributed by atoms with E-state index >= 15 is 0 Å². The summed E-state index contributed by atoms with van der Waals surface area (Å²) in [5, 5.41) is 12.9. The fraction of sp³-hybridized carbons (Fsp3) is 0.818. The van der Waals surface area contributed by atoms with Gasteiger partial charge in [0, 0.05) is 11.5 Å². The summed E-state index contributed by atoms with van der Waals surface area (Å²) in [6.07, 6.45) is 3.17. The molecule has 0 radical (unpaired) electrons. The van der Waals surface area contributed by atoms with E-state index < -0.39 is 0 Å². The van der Waals surface area contributed by atoms with Gasteiger partial charge in [0.2, 0.25) is 0 Å². The van der Waals surface area contributed by atoms with Crippen molar-refractivity contribution in [2.24, 2.45) is 5.41 Å². The van der Waals surface area contributed by atoms with Crippen LogP contribution >= 0.6 is 0 Å². The molecule has 3 heteroatoms. The molecule has 0 aliphatic heterocycles. The van der Waals surface area contributed by atoms with Crippen molar-refractivity contribution >= 4 is 0 Å². The molecule has 0 heterocycles. The van der Waals surface area contributed by atoms with Crippen molar-refractivity contribution in [2.45, 2.75) is 38.8 Å². The molecule has 1 aliphatic rings. The Labute approximate surface area is 86.2 Å². The lowest BCUT2D eigenvalue weighted by molar-refractivity contribution is -0.0724. The van der Waals surface area contributed by atoms with Gasteiger partial charge in [-0.1, -0.05) is 20.4 Å². The quantitative estimate of drug-likeness (QED) is 0.500. The van der Waals surface area contributed by atoms with Crippen molar-refractivity contribution < 1.29 is 9.84 Å². The highest BCUT2D eigenvalue weighted by Gasteiger charge is 2.46. The average molecular weight is 199 g/mol. The van der Waals surface area contributed by atoms with Crippen molar-refractivity contribution in [1.29, 1.82) is 0 Å². The summed E-state index contributed by atoms with van der Waals surface area (Å²) in [6, 6.07) is 0.446. The third kappa shape index (κ3) is 2.49. The monoisotopic (exact) mass is 199 g/mol. The van der Waals surface area contributed by atoms with E-state index in [1.165, 1.54) is 6.26 Å². The Balaban J connectivity index is 2.06. The van der Waals surface area contributed by atoms with Gasteiger partial charge in [0.15, 0.2) is 0 Å². The largest absolute Gasteiger partial charge is 0.502 e. The van der Waals surface area contributed by atoms with Crippen LogP contribution in [0, 0.1) is 5.41 Å². The highest BCUT2D eigenvalue weighted by molar-refractivity contribution is 5.01. The van der Waals surface area contributed by atoms with Gasteiger partial charge in [-0.05, 0) is 19.4 Å². The minimum atomic E-state index is -0.149. The highest BCUT2D eigenvalue weighted by atomic mass is 16.5. The molecule has 1 rings (SSSR count). The summed E-state index contributed by atoms with van der Waals surface area (Å²) in [5.41, 5.74) is 0.0271. The van der Waals surface area contributed by atoms with E-state index in [1.807, 2.05) is 0 Å². The molecule has 0 aromatic heterocycles. The van der Waals surface area contributed by atoms with E-state index in [-0.39, 0.29) is 11.5 Å². The van der Waals surface area contributed by atoms with Gasteiger partial charge in [-0.2, -0.15) is 0 Å². The Bertz CT molecular complexity index is 192. The first-order valence-electron chi connectivity index (χ1n) is 5.23. The minimum Gasteiger partial charge on any atom is -0.502 e. The van der Waals surface area contributed by atoms with E-state index in [1.54, 1.807) is 0 Å². The molecule has 3 nitrogen and oxygen atoms in total. The molecule has 1 aliphatic carbocycles. The zero-order valence-electron chi connectivity index (χ0n) is 9.12. The maximum Gasteiger partial charge on any atom is 0.0885 e. The fourth-order valence-corrected chi connectivity index (χ4v) is 1.76. The lowest BCUT2D eigenvalue weighted by Gasteiger charge is -2.49. The van der Waals surface area contributed by atoms with Crippen molar-refractivity contribution in [3.63, 3.8) is 0 Å². The highest BCUT2D eigenvalue weighted by Crippen LogP contribution is 2.40. The Morgan fingerprint density at radius 1 is 1.64 bits per heavy atom. The van der Waals surface area contributed by atoms with Gasteiger partial charge in [-0.25, -0.2) is 0 Å². The van der Waals surface area contributed by atoms with Crippen LogP contribution in [0.2, 0.25) is 0 Å². The summed E-state index contributed by atoms with van der Waals surface area (Å²) >= 11 is 0. The first kappa shape index (κ1) is 11.5. The predicted octanol–water partition coefficient (Wildman–Crippen LogP) is 1.29. The molecule has 0 aromatic carbocycles. The van der Waals surface area contributed by atoms with Crippen molar-refractivity contribution in [2.75, 3.05) is 13.2 Å². The Morgan fingerprint density at radius 3 is 2.86 bits per heavy atom. The van der Waals surface area contributed by atoms with Gasteiger partial charge in [0.25, 0.3) is 0 Å². The van der Waals surface area contributed by atoms with E-state index in [2.05, 4.69) is 25.7 Å². The van der Waals surface area contributed by atoms with Gasteiger partial charge in [0.05, 0.1) is 19.0 Å². The van der Waals surface area contributed by atoms with Crippen LogP contribution in [0.1, 0.15) is 26.7 Å². The average Bonchev–Trinajstić information content (AvgIpc) is 2.16. The molecule has 1 saturated carbocycles. The first-order valence-corrected chi connectivity index (χ1v) is 5.23. The van der Waals surface area contributed by atoms with E-state index in [9.17, 15) is 5.11 Å². The van der Waals surface area contributed by atoms with Crippen LogP contribution in [0.4, 0.5) is 0 Å². The molecule has 82 valence electrons. The Hall–Kier alpha value is -0.540. The zero-order valence-corrected chi connectivity index (χ0v) is 9.12. The maximum absolute atomic E-state index is 9.51. The molecule has 0 aromatic rings. The second-order valence-electron chi connectivity index (χ2n) is 4.47. The smallest absolute Gasteiger partial charge is 0.0885 e. The van der Waals surface area contributed by atoms with Gasteiger partial charge in [0.1, 0.15) is 0 Å². The molecule has 2 atom stereocenters. The molecule has 2 N–H and O–H groups in total. The van der Waals surface area contributed by atoms with Crippen molar-refractivity contribution in [1.82, 2.24) is 5.32 Å². The van der Waals surface area contributed by atoms with E-state index in [0.717, 1.165) is 19.4 Å². The van der Waals surface area contributed by atoms with Gasteiger partial charge in [-0.15, -0.1) is 0 Å². The number of hydrogen-bond donors (Lipinski definition) is 2. The molecule has 0 saturated heterocycles. The molecule has 0 spiro atoms. The van der Waals surface area contributed by atoms with E-state index in [0.29, 0.717) is 12.6 Å².